The summed E-state index contributed by atoms with van der Waals surface area (Å²) < 4.78 is 4.83. The lowest BCUT2D eigenvalue weighted by Crippen LogP contribution is -2.30. The molecule has 0 fully saturated rings. The number of amides is 1. The van der Waals surface area contributed by atoms with Crippen molar-refractivity contribution in [2.45, 2.75) is 40.7 Å². The maximum absolute atomic E-state index is 12.4. The molecule has 1 heterocycles. The number of nitrogens with one attached hydrogen (secondary N) is 2. The molecule has 1 unspecified atom stereocenters. The van der Waals surface area contributed by atoms with Crippen molar-refractivity contribution in [3.05, 3.63) is 50.9 Å². The van der Waals surface area contributed by atoms with Crippen LogP contribution in [0.15, 0.2) is 18.2 Å². The van der Waals surface area contributed by atoms with E-state index in [0.717, 1.165) is 10.4 Å². The fraction of sp³-hybridized carbons (Fsp3) is 0.400. The van der Waals surface area contributed by atoms with Crippen molar-refractivity contribution in [2.24, 2.45) is 0 Å². The van der Waals surface area contributed by atoms with E-state index in [1.165, 1.54) is 35.1 Å². The molecule has 0 aliphatic rings. The van der Waals surface area contributed by atoms with Gasteiger partial charge in [0.05, 0.1) is 19.2 Å². The van der Waals surface area contributed by atoms with E-state index in [9.17, 15) is 9.59 Å². The average Bonchev–Trinajstić information content (AvgIpc) is 2.88. The van der Waals surface area contributed by atoms with Crippen LogP contribution >= 0.6 is 11.3 Å². The Bertz CT molecular complexity index is 827. The molecule has 1 aromatic carbocycles. The second-order valence-electron chi connectivity index (χ2n) is 6.49. The zero-order chi connectivity index (χ0) is 19.4. The van der Waals surface area contributed by atoms with Crippen molar-refractivity contribution in [1.29, 1.82) is 0 Å². The number of ether oxygens (including phenoxy) is 1. The SMILES string of the molecule is COC(=O)c1c(NC(=O)CNC(C)c2cc(C)ccc2C)sc(C)c1C. The number of hydrogen-bond acceptors (Lipinski definition) is 5. The Kier molecular flexibility index (Phi) is 6.56. The number of benzene rings is 1. The molecule has 5 nitrogen and oxygen atoms in total. The van der Waals surface area contributed by atoms with Crippen LogP contribution in [0, 0.1) is 27.7 Å². The summed E-state index contributed by atoms with van der Waals surface area (Å²) >= 11 is 1.39. The topological polar surface area (TPSA) is 67.4 Å². The predicted octanol–water partition coefficient (Wildman–Crippen LogP) is 4.06. The zero-order valence-electron chi connectivity index (χ0n) is 16.1. The van der Waals surface area contributed by atoms with E-state index < -0.39 is 5.97 Å². The predicted molar refractivity (Wildman–Crippen MR) is 106 cm³/mol. The number of rotatable bonds is 6. The molecule has 0 aliphatic heterocycles. The molecule has 0 radical (unpaired) electrons. The van der Waals surface area contributed by atoms with Crippen LogP contribution in [0.2, 0.25) is 0 Å². The van der Waals surface area contributed by atoms with Crippen LogP contribution in [0.25, 0.3) is 0 Å². The largest absolute Gasteiger partial charge is 0.465 e. The number of carbonyl (C=O) groups excluding carboxylic acids is 2. The van der Waals surface area contributed by atoms with Crippen molar-refractivity contribution >= 4 is 28.2 Å². The molecule has 0 saturated heterocycles. The number of aryl methyl sites for hydroxylation is 3. The second-order valence-corrected chi connectivity index (χ2v) is 7.71. The number of carbonyl (C=O) groups is 2. The molecular weight excluding hydrogens is 348 g/mol. The lowest BCUT2D eigenvalue weighted by molar-refractivity contribution is -0.115. The van der Waals surface area contributed by atoms with Gasteiger partial charge in [-0.25, -0.2) is 4.79 Å². The third kappa shape index (κ3) is 4.51. The Hall–Kier alpha value is -2.18. The molecule has 1 atom stereocenters. The van der Waals surface area contributed by atoms with Gasteiger partial charge in [-0.2, -0.15) is 0 Å². The Labute approximate surface area is 158 Å². The summed E-state index contributed by atoms with van der Waals surface area (Å²) in [7, 11) is 1.34. The van der Waals surface area contributed by atoms with Gasteiger partial charge in [-0.3, -0.25) is 4.79 Å². The summed E-state index contributed by atoms with van der Waals surface area (Å²) in [5, 5.41) is 6.62. The Morgan fingerprint density at radius 2 is 1.88 bits per heavy atom. The van der Waals surface area contributed by atoms with Crippen LogP contribution in [-0.4, -0.2) is 25.5 Å². The first-order valence-corrected chi connectivity index (χ1v) is 9.35. The number of hydrogen-bond donors (Lipinski definition) is 2. The van der Waals surface area contributed by atoms with E-state index >= 15 is 0 Å². The van der Waals surface area contributed by atoms with Gasteiger partial charge < -0.3 is 15.4 Å². The van der Waals surface area contributed by atoms with Gasteiger partial charge >= 0.3 is 5.97 Å². The summed E-state index contributed by atoms with van der Waals surface area (Å²) in [6.07, 6.45) is 0. The Morgan fingerprint density at radius 3 is 2.54 bits per heavy atom. The zero-order valence-corrected chi connectivity index (χ0v) is 17.0. The van der Waals surface area contributed by atoms with E-state index in [1.807, 2.05) is 20.8 Å². The molecule has 26 heavy (non-hydrogen) atoms. The van der Waals surface area contributed by atoms with Gasteiger partial charge in [-0.1, -0.05) is 23.8 Å². The first-order valence-electron chi connectivity index (χ1n) is 8.53. The molecule has 140 valence electrons. The third-order valence-corrected chi connectivity index (χ3v) is 5.62. The third-order valence-electron chi connectivity index (χ3n) is 4.50. The quantitative estimate of drug-likeness (QED) is 0.749. The highest BCUT2D eigenvalue weighted by Gasteiger charge is 2.21. The first-order chi connectivity index (χ1) is 12.2. The summed E-state index contributed by atoms with van der Waals surface area (Å²) in [6, 6.07) is 6.34. The summed E-state index contributed by atoms with van der Waals surface area (Å²) in [5.41, 5.74) is 4.83. The van der Waals surface area contributed by atoms with E-state index in [2.05, 4.69) is 42.7 Å². The number of esters is 1. The molecule has 2 N–H and O–H groups in total. The molecule has 0 saturated carbocycles. The van der Waals surface area contributed by atoms with Gasteiger partial charge in [-0.15, -0.1) is 11.3 Å². The van der Waals surface area contributed by atoms with Gasteiger partial charge in [0.1, 0.15) is 5.00 Å². The second kappa shape index (κ2) is 8.47. The monoisotopic (exact) mass is 374 g/mol. The van der Waals surface area contributed by atoms with Crippen LogP contribution < -0.4 is 10.6 Å². The highest BCUT2D eigenvalue weighted by atomic mass is 32.1. The fourth-order valence-electron chi connectivity index (χ4n) is 2.82. The average molecular weight is 375 g/mol. The minimum absolute atomic E-state index is 0.0486. The van der Waals surface area contributed by atoms with E-state index in [1.54, 1.807) is 0 Å². The summed E-state index contributed by atoms with van der Waals surface area (Å²) in [4.78, 5) is 25.3. The van der Waals surface area contributed by atoms with Crippen LogP contribution in [0.4, 0.5) is 5.00 Å². The maximum Gasteiger partial charge on any atom is 0.341 e. The summed E-state index contributed by atoms with van der Waals surface area (Å²) in [5.74, 6) is -0.618. The molecule has 6 heteroatoms. The van der Waals surface area contributed by atoms with Crippen molar-refractivity contribution in [2.75, 3.05) is 19.0 Å². The number of thiophene rings is 1. The smallest absolute Gasteiger partial charge is 0.341 e. The van der Waals surface area contributed by atoms with E-state index in [4.69, 9.17) is 4.74 Å². The van der Waals surface area contributed by atoms with Crippen LogP contribution in [0.3, 0.4) is 0 Å². The Balaban J connectivity index is 2.05. The van der Waals surface area contributed by atoms with Gasteiger partial charge in [0.15, 0.2) is 0 Å². The van der Waals surface area contributed by atoms with Crippen molar-refractivity contribution in [3.63, 3.8) is 0 Å². The first kappa shape index (κ1) is 20.1. The maximum atomic E-state index is 12.4. The van der Waals surface area contributed by atoms with Crippen molar-refractivity contribution < 1.29 is 14.3 Å². The van der Waals surface area contributed by atoms with Crippen LogP contribution in [-0.2, 0) is 9.53 Å². The molecule has 2 aromatic rings. The molecule has 0 aliphatic carbocycles. The molecule has 0 bridgehead atoms. The molecule has 2 rings (SSSR count). The van der Waals surface area contributed by atoms with Crippen LogP contribution in [0.1, 0.15) is 50.5 Å². The lowest BCUT2D eigenvalue weighted by atomic mass is 10.00. The lowest BCUT2D eigenvalue weighted by Gasteiger charge is -2.17. The molecule has 1 amide bonds. The van der Waals surface area contributed by atoms with Gasteiger partial charge in [0.25, 0.3) is 0 Å². The van der Waals surface area contributed by atoms with E-state index in [0.29, 0.717) is 10.6 Å². The minimum Gasteiger partial charge on any atom is -0.465 e. The van der Waals surface area contributed by atoms with Gasteiger partial charge in [0, 0.05) is 10.9 Å². The Morgan fingerprint density at radius 1 is 1.19 bits per heavy atom. The molecule has 1 aromatic heterocycles. The highest BCUT2D eigenvalue weighted by molar-refractivity contribution is 7.16. The van der Waals surface area contributed by atoms with Crippen molar-refractivity contribution in [1.82, 2.24) is 5.32 Å². The van der Waals surface area contributed by atoms with Crippen molar-refractivity contribution in [3.8, 4) is 0 Å². The number of anilines is 1. The highest BCUT2D eigenvalue weighted by Crippen LogP contribution is 2.32. The standard InChI is InChI=1S/C20H26N2O3S/c1-11-7-8-12(2)16(9-11)14(4)21-10-17(23)22-19-18(20(24)25-6)13(3)15(5)26-19/h7-9,14,21H,10H2,1-6H3,(H,22,23). The fourth-order valence-corrected chi connectivity index (χ4v) is 3.88. The minimum atomic E-state index is -0.432. The van der Waals surface area contributed by atoms with Gasteiger partial charge in [-0.05, 0) is 51.3 Å². The number of methoxy groups -OCH3 is 1. The molecule has 0 spiro atoms. The normalized spacial score (nSPS) is 11.9. The van der Waals surface area contributed by atoms with E-state index in [-0.39, 0.29) is 18.5 Å². The van der Waals surface area contributed by atoms with Gasteiger partial charge in [0.2, 0.25) is 5.91 Å². The molecular formula is C20H26N2O3S. The van der Waals surface area contributed by atoms with Crippen LogP contribution in [0.5, 0.6) is 0 Å². The summed E-state index contributed by atoms with van der Waals surface area (Å²) in [6.45, 7) is 10.1.